The largest absolute Gasteiger partial charge is 0.491 e. The topological polar surface area (TPSA) is 52.7 Å². The van der Waals surface area contributed by atoms with Crippen molar-refractivity contribution in [2.45, 2.75) is 96.0 Å². The maximum atomic E-state index is 6.57. The zero-order chi connectivity index (χ0) is 21.6. The summed E-state index contributed by atoms with van der Waals surface area (Å²) in [6.07, 6.45) is 2.92. The second-order valence-corrected chi connectivity index (χ2v) is 10.2. The highest BCUT2D eigenvalue weighted by molar-refractivity contribution is 5.28. The van der Waals surface area contributed by atoms with Crippen molar-refractivity contribution in [2.24, 2.45) is 0 Å². The highest BCUT2D eigenvalue weighted by atomic mass is 16.7. The molecular weight excluding hydrogens is 382 g/mol. The molecule has 3 fully saturated rings. The highest BCUT2D eigenvalue weighted by Gasteiger charge is 2.57. The van der Waals surface area contributed by atoms with Crippen LogP contribution in [0.15, 0.2) is 24.3 Å². The summed E-state index contributed by atoms with van der Waals surface area (Å²) >= 11 is 0. The van der Waals surface area contributed by atoms with E-state index in [1.54, 1.807) is 0 Å². The van der Waals surface area contributed by atoms with Gasteiger partial charge in [-0.2, -0.15) is 5.06 Å². The molecule has 3 aliphatic heterocycles. The number of piperidine rings is 1. The maximum Gasteiger partial charge on any atom is 0.172 e. The Hall–Kier alpha value is -1.18. The van der Waals surface area contributed by atoms with E-state index in [-0.39, 0.29) is 29.4 Å². The number of ether oxygens (including phenoxy) is 4. The fourth-order valence-electron chi connectivity index (χ4n) is 5.04. The van der Waals surface area contributed by atoms with Crippen molar-refractivity contribution in [3.05, 3.63) is 29.8 Å². The third kappa shape index (κ3) is 4.68. The number of hydroxylamine groups is 2. The van der Waals surface area contributed by atoms with Gasteiger partial charge in [0.25, 0.3) is 0 Å². The summed E-state index contributed by atoms with van der Waals surface area (Å²) in [5.41, 5.74) is 0.661. The van der Waals surface area contributed by atoms with Crippen LogP contribution in [0.25, 0.3) is 0 Å². The van der Waals surface area contributed by atoms with E-state index in [4.69, 9.17) is 23.8 Å². The van der Waals surface area contributed by atoms with Gasteiger partial charge in [-0.25, -0.2) is 0 Å². The van der Waals surface area contributed by atoms with Crippen LogP contribution in [0.4, 0.5) is 0 Å². The average Bonchev–Trinajstić information content (AvgIpc) is 3.43. The van der Waals surface area contributed by atoms with Gasteiger partial charge in [-0.05, 0) is 58.7 Å². The number of benzene rings is 1. The molecule has 0 amide bonds. The van der Waals surface area contributed by atoms with Gasteiger partial charge in [-0.3, -0.25) is 4.84 Å². The minimum atomic E-state index is -0.513. The molecule has 0 aromatic heterocycles. The van der Waals surface area contributed by atoms with Crippen LogP contribution in [0.5, 0.6) is 5.75 Å². The van der Waals surface area contributed by atoms with Gasteiger partial charge >= 0.3 is 0 Å². The van der Waals surface area contributed by atoms with Gasteiger partial charge in [-0.1, -0.05) is 19.1 Å². The minimum absolute atomic E-state index is 0.0766. The zero-order valence-electron chi connectivity index (χ0n) is 19.3. The lowest BCUT2D eigenvalue weighted by atomic mass is 9.78. The number of rotatable bonds is 7. The van der Waals surface area contributed by atoms with Crippen molar-refractivity contribution in [2.75, 3.05) is 19.8 Å². The van der Waals surface area contributed by atoms with E-state index in [0.717, 1.165) is 37.2 Å². The number of hydrogen-bond acceptors (Lipinski definition) is 6. The van der Waals surface area contributed by atoms with Gasteiger partial charge in [0.05, 0.1) is 19.3 Å². The monoisotopic (exact) mass is 419 g/mol. The summed E-state index contributed by atoms with van der Waals surface area (Å²) in [4.78, 5) is 6.57. The molecule has 1 aromatic carbocycles. The van der Waals surface area contributed by atoms with Crippen molar-refractivity contribution in [3.63, 3.8) is 0 Å². The first kappa shape index (κ1) is 22.0. The van der Waals surface area contributed by atoms with Gasteiger partial charge in [0, 0.05) is 23.9 Å². The van der Waals surface area contributed by atoms with Gasteiger partial charge in [-0.15, -0.1) is 0 Å². The van der Waals surface area contributed by atoms with Gasteiger partial charge in [0.2, 0.25) is 0 Å². The van der Waals surface area contributed by atoms with Crippen LogP contribution in [-0.4, -0.2) is 54.0 Å². The highest BCUT2D eigenvalue weighted by Crippen LogP contribution is 2.49. The molecule has 168 valence electrons. The first-order valence-corrected chi connectivity index (χ1v) is 11.3. The fraction of sp³-hybridized carbons (Fsp3) is 0.750. The van der Waals surface area contributed by atoms with Crippen LogP contribution in [0, 0.1) is 0 Å². The van der Waals surface area contributed by atoms with Gasteiger partial charge in [0.15, 0.2) is 5.79 Å². The van der Waals surface area contributed by atoms with Gasteiger partial charge in [0.1, 0.15) is 24.6 Å². The predicted molar refractivity (Wildman–Crippen MR) is 114 cm³/mol. The summed E-state index contributed by atoms with van der Waals surface area (Å²) in [5, 5.41) is 2.16. The second kappa shape index (κ2) is 8.06. The van der Waals surface area contributed by atoms with E-state index in [1.165, 1.54) is 0 Å². The Balaban J connectivity index is 1.42. The smallest absolute Gasteiger partial charge is 0.172 e. The van der Waals surface area contributed by atoms with E-state index >= 15 is 0 Å². The first-order chi connectivity index (χ1) is 14.1. The molecule has 4 rings (SSSR count). The molecule has 1 spiro atoms. The standard InChI is InChI=1S/C24H37NO5/c1-7-19-14-28-24(29-19)15-22(3,4)25(23(5,6)16-24)30-17(2)18-8-10-20(11-9-18)26-12-21-13-27-21/h8-11,17,19,21H,7,12-16H2,1-6H3. The van der Waals surface area contributed by atoms with E-state index < -0.39 is 5.79 Å². The van der Waals surface area contributed by atoms with Crippen LogP contribution >= 0.6 is 0 Å². The van der Waals surface area contributed by atoms with Crippen LogP contribution in [0.2, 0.25) is 0 Å². The average molecular weight is 420 g/mol. The molecule has 0 bridgehead atoms. The first-order valence-electron chi connectivity index (χ1n) is 11.3. The van der Waals surface area contributed by atoms with Crippen LogP contribution < -0.4 is 4.74 Å². The third-order valence-electron chi connectivity index (χ3n) is 6.32. The van der Waals surface area contributed by atoms with Crippen molar-refractivity contribution < 1.29 is 23.8 Å². The van der Waals surface area contributed by atoms with Crippen LogP contribution in [0.3, 0.4) is 0 Å². The van der Waals surface area contributed by atoms with E-state index in [2.05, 4.69) is 58.7 Å². The molecule has 0 N–H and O–H groups in total. The van der Waals surface area contributed by atoms with Crippen LogP contribution in [-0.2, 0) is 19.0 Å². The zero-order valence-corrected chi connectivity index (χ0v) is 19.3. The molecule has 6 nitrogen and oxygen atoms in total. The minimum Gasteiger partial charge on any atom is -0.491 e. The third-order valence-corrected chi connectivity index (χ3v) is 6.32. The Morgan fingerprint density at radius 2 is 1.67 bits per heavy atom. The molecule has 30 heavy (non-hydrogen) atoms. The maximum absolute atomic E-state index is 6.57. The molecule has 3 aliphatic rings. The van der Waals surface area contributed by atoms with Crippen LogP contribution in [0.1, 0.15) is 72.5 Å². The van der Waals surface area contributed by atoms with E-state index in [0.29, 0.717) is 13.2 Å². The van der Waals surface area contributed by atoms with Gasteiger partial charge < -0.3 is 18.9 Å². The summed E-state index contributed by atoms with van der Waals surface area (Å²) < 4.78 is 23.5. The van der Waals surface area contributed by atoms with Crippen molar-refractivity contribution in [1.29, 1.82) is 0 Å². The molecular formula is C24H37NO5. The number of nitrogens with zero attached hydrogens (tertiary/aromatic N) is 1. The molecule has 3 unspecified atom stereocenters. The molecule has 3 atom stereocenters. The summed E-state index contributed by atoms with van der Waals surface area (Å²) in [6.45, 7) is 15.2. The number of epoxide rings is 1. The predicted octanol–water partition coefficient (Wildman–Crippen LogP) is 4.63. The Bertz CT molecular complexity index is 710. The lowest BCUT2D eigenvalue weighted by Gasteiger charge is -2.56. The molecule has 3 saturated heterocycles. The molecule has 3 heterocycles. The Morgan fingerprint density at radius 3 is 2.20 bits per heavy atom. The molecule has 1 aromatic rings. The van der Waals surface area contributed by atoms with E-state index in [9.17, 15) is 0 Å². The lowest BCUT2D eigenvalue weighted by Crippen LogP contribution is -2.65. The summed E-state index contributed by atoms with van der Waals surface area (Å²) in [6, 6.07) is 8.16. The Labute approximate surface area is 180 Å². The molecule has 0 radical (unpaired) electrons. The molecule has 0 aliphatic carbocycles. The lowest BCUT2D eigenvalue weighted by molar-refractivity contribution is -0.351. The Morgan fingerprint density at radius 1 is 1.03 bits per heavy atom. The molecule has 6 heteroatoms. The van der Waals surface area contributed by atoms with Crippen molar-refractivity contribution in [1.82, 2.24) is 5.06 Å². The van der Waals surface area contributed by atoms with Crippen molar-refractivity contribution in [3.8, 4) is 5.75 Å². The summed E-state index contributed by atoms with van der Waals surface area (Å²) in [7, 11) is 0. The number of hydrogen-bond donors (Lipinski definition) is 0. The second-order valence-electron chi connectivity index (χ2n) is 10.2. The van der Waals surface area contributed by atoms with Crippen molar-refractivity contribution >= 4 is 0 Å². The normalized spacial score (nSPS) is 30.3. The fourth-order valence-corrected chi connectivity index (χ4v) is 5.04. The quantitative estimate of drug-likeness (QED) is 0.601. The van der Waals surface area contributed by atoms with E-state index in [1.807, 2.05) is 12.1 Å². The molecule has 0 saturated carbocycles. The summed E-state index contributed by atoms with van der Waals surface area (Å²) in [5.74, 6) is 0.351. The SMILES string of the molecule is CCC1COC2(CC(C)(C)N(OC(C)c3ccc(OCC4CO4)cc3)C(C)(C)C2)O1. The Kier molecular flexibility index (Phi) is 5.92.